The minimum Gasteiger partial charge on any atom is -0.387 e. The molecule has 0 spiro atoms. The van der Waals surface area contributed by atoms with E-state index < -0.39 is 64.8 Å². The Labute approximate surface area is 166 Å². The van der Waals surface area contributed by atoms with E-state index >= 15 is 0 Å². The van der Waals surface area contributed by atoms with Gasteiger partial charge in [-0.25, -0.2) is 18.1 Å². The molecule has 14 nitrogen and oxygen atoms in total. The summed E-state index contributed by atoms with van der Waals surface area (Å²) in [5.74, 6) is 0. The second-order valence-electron chi connectivity index (χ2n) is 5.77. The maximum atomic E-state index is 15.0. The summed E-state index contributed by atoms with van der Waals surface area (Å²) >= 11 is 4.44. The molecule has 7 atom stereocenters. The molecule has 1 fully saturated rings. The quantitative estimate of drug-likeness (QED) is 0.287. The number of ether oxygens (including phenoxy) is 1. The van der Waals surface area contributed by atoms with E-state index in [4.69, 9.17) is 14.2 Å². The highest BCUT2D eigenvalue weighted by Gasteiger charge is 2.55. The van der Waals surface area contributed by atoms with Gasteiger partial charge >= 0.3 is 28.5 Å². The van der Waals surface area contributed by atoms with Gasteiger partial charge in [-0.1, -0.05) is 0 Å². The van der Waals surface area contributed by atoms with Gasteiger partial charge in [0.25, 0.3) is 5.56 Å². The van der Waals surface area contributed by atoms with Crippen LogP contribution in [-0.4, -0.2) is 53.8 Å². The monoisotopic (exact) mass is 499 g/mol. The van der Waals surface area contributed by atoms with Crippen LogP contribution in [0.1, 0.15) is 13.2 Å². The Morgan fingerprint density at radius 3 is 2.66 bits per heavy atom. The lowest BCUT2D eigenvalue weighted by molar-refractivity contribution is -0.0593. The molecule has 0 aromatic carbocycles. The molecule has 1 aromatic rings. The first kappa shape index (κ1) is 24.5. The van der Waals surface area contributed by atoms with Crippen LogP contribution < -0.4 is 11.2 Å². The predicted molar refractivity (Wildman–Crippen MR) is 95.0 cm³/mol. The first-order valence-electron chi connectivity index (χ1n) is 7.36. The standard InChI is InChI=1S/C10H14FN2O12P3S/c1-10(11)7(15)5(23-8(10)13-3-2-6(14)12-9(13)16)4-22-28(21,29)25-27(19,20)24-26(17)18/h2-3,5,7-8,15H,4H2,1H3,(H3-,12,14,16,17,18,19,20,21,29)/p+1/t5-,7-,8-,10-,28?/m1/s1. The van der Waals surface area contributed by atoms with Gasteiger partial charge in [0.05, 0.1) is 6.61 Å². The van der Waals surface area contributed by atoms with Gasteiger partial charge in [-0.05, 0) is 23.0 Å². The van der Waals surface area contributed by atoms with E-state index in [0.717, 1.165) is 19.2 Å². The molecule has 2 rings (SSSR count). The second-order valence-corrected chi connectivity index (χ2v) is 11.1. The van der Waals surface area contributed by atoms with Gasteiger partial charge in [0.15, 0.2) is 11.9 Å². The summed E-state index contributed by atoms with van der Waals surface area (Å²) in [4.78, 5) is 52.2. The van der Waals surface area contributed by atoms with Crippen molar-refractivity contribution in [3.63, 3.8) is 0 Å². The lowest BCUT2D eigenvalue weighted by atomic mass is 9.98. The molecule has 19 heteroatoms. The molecule has 0 aliphatic carbocycles. The zero-order valence-corrected chi connectivity index (χ0v) is 17.7. The number of phosphoric acid groups is 1. The summed E-state index contributed by atoms with van der Waals surface area (Å²) in [6.07, 6.45) is -4.24. The molecule has 3 unspecified atom stereocenters. The number of aromatic nitrogens is 2. The smallest absolute Gasteiger partial charge is 0.387 e. The van der Waals surface area contributed by atoms with Crippen LogP contribution in [0.5, 0.6) is 0 Å². The number of hydrogen-bond acceptors (Lipinski definition) is 10. The number of halogens is 1. The summed E-state index contributed by atoms with van der Waals surface area (Å²) in [6.45, 7) is -4.54. The van der Waals surface area contributed by atoms with E-state index in [0.29, 0.717) is 4.57 Å². The number of aliphatic hydroxyl groups is 1. The van der Waals surface area contributed by atoms with Gasteiger partial charge in [0.2, 0.25) is 0 Å². The molecule has 0 saturated carbocycles. The molecular weight excluding hydrogens is 484 g/mol. The van der Waals surface area contributed by atoms with Gasteiger partial charge in [0.1, 0.15) is 12.2 Å². The van der Waals surface area contributed by atoms with Crippen LogP contribution in [0.2, 0.25) is 0 Å². The Kier molecular flexibility index (Phi) is 7.44. The van der Waals surface area contributed by atoms with Crippen LogP contribution in [0.3, 0.4) is 0 Å². The molecular formula is C10H15FN2O12P3S+. The predicted octanol–water partition coefficient (Wildman–Crippen LogP) is -0.460. The van der Waals surface area contributed by atoms with E-state index in [-0.39, 0.29) is 0 Å². The van der Waals surface area contributed by atoms with Crippen molar-refractivity contribution in [3.8, 4) is 0 Å². The average molecular weight is 499 g/mol. The fourth-order valence-electron chi connectivity index (χ4n) is 2.39. The zero-order chi connectivity index (χ0) is 22.2. The third-order valence-electron chi connectivity index (χ3n) is 3.60. The Bertz CT molecular complexity index is 997. The van der Waals surface area contributed by atoms with Crippen LogP contribution in [0.15, 0.2) is 21.9 Å². The van der Waals surface area contributed by atoms with Crippen LogP contribution in [0.25, 0.3) is 0 Å². The summed E-state index contributed by atoms with van der Waals surface area (Å²) in [5.41, 5.74) is -4.34. The number of H-pyrrole nitrogens is 1. The minimum absolute atomic E-state index is 0.670. The molecule has 1 saturated heterocycles. The number of aromatic amines is 1. The minimum atomic E-state index is -5.26. The molecule has 0 bridgehead atoms. The largest absolute Gasteiger partial charge is 0.705 e. The first-order chi connectivity index (χ1) is 13.1. The Balaban J connectivity index is 2.13. The van der Waals surface area contributed by atoms with Gasteiger partial charge in [0, 0.05) is 16.8 Å². The number of alkyl halides is 1. The molecule has 164 valence electrons. The van der Waals surface area contributed by atoms with Crippen molar-refractivity contribution in [2.45, 2.75) is 31.0 Å². The maximum Gasteiger partial charge on any atom is 0.705 e. The van der Waals surface area contributed by atoms with Crippen LogP contribution in [-0.2, 0) is 38.8 Å². The summed E-state index contributed by atoms with van der Waals surface area (Å²) in [6, 6.07) is 0.920. The molecule has 29 heavy (non-hydrogen) atoms. The lowest BCUT2D eigenvalue weighted by Crippen LogP contribution is -2.43. The lowest BCUT2D eigenvalue weighted by Gasteiger charge is -2.24. The van der Waals surface area contributed by atoms with E-state index in [2.05, 4.69) is 20.4 Å². The molecule has 1 aliphatic rings. The van der Waals surface area contributed by atoms with Gasteiger partial charge in [-0.2, -0.15) is 0 Å². The van der Waals surface area contributed by atoms with Crippen molar-refractivity contribution in [1.82, 2.24) is 9.55 Å². The summed E-state index contributed by atoms with van der Waals surface area (Å²) in [7, 11) is -8.84. The molecule has 5 N–H and O–H groups in total. The molecule has 2 heterocycles. The van der Waals surface area contributed by atoms with Gasteiger partial charge in [-0.15, -0.1) is 4.89 Å². The SMILES string of the molecule is C[C@@]1(F)[C@H](O)[C@@H](COP(O)(=S)OP(=O)(O)O[P+](=O)O)O[C@H]1n1ccc(=O)[nH]c1=O. The van der Waals surface area contributed by atoms with Gasteiger partial charge < -0.3 is 19.3 Å². The van der Waals surface area contributed by atoms with E-state index in [1.165, 1.54) is 0 Å². The van der Waals surface area contributed by atoms with E-state index in [1.807, 2.05) is 4.98 Å². The summed E-state index contributed by atoms with van der Waals surface area (Å²) in [5, 5.41) is 10.1. The van der Waals surface area contributed by atoms with Gasteiger partial charge in [-0.3, -0.25) is 19.2 Å². The number of nitrogens with one attached hydrogen (secondary N) is 1. The van der Waals surface area contributed by atoms with Crippen molar-refractivity contribution in [2.75, 3.05) is 6.61 Å². The number of hydrogen-bond donors (Lipinski definition) is 5. The van der Waals surface area contributed by atoms with E-state index in [1.54, 1.807) is 0 Å². The topological polar surface area (TPSA) is 207 Å². The zero-order valence-electron chi connectivity index (χ0n) is 14.2. The Morgan fingerprint density at radius 1 is 1.48 bits per heavy atom. The fraction of sp³-hybridized carbons (Fsp3) is 0.600. The second kappa shape index (κ2) is 8.79. The summed E-state index contributed by atoms with van der Waals surface area (Å²) < 4.78 is 55.1. The highest BCUT2D eigenvalue weighted by atomic mass is 32.5. The molecule has 1 aromatic heterocycles. The average Bonchev–Trinajstić information content (AvgIpc) is 2.74. The first-order valence-corrected chi connectivity index (χ1v) is 12.6. The number of rotatable bonds is 8. The number of nitrogens with zero attached hydrogens (tertiary/aromatic N) is 1. The normalized spacial score (nSPS) is 31.8. The van der Waals surface area contributed by atoms with Crippen molar-refractivity contribution in [3.05, 3.63) is 33.1 Å². The fourth-order valence-corrected chi connectivity index (χ4v) is 5.99. The van der Waals surface area contributed by atoms with Crippen LogP contribution in [0, 0.1) is 0 Å². The highest BCUT2D eigenvalue weighted by Crippen LogP contribution is 2.63. The molecule has 1 aliphatic heterocycles. The Morgan fingerprint density at radius 2 is 2.10 bits per heavy atom. The van der Waals surface area contributed by atoms with Crippen molar-refractivity contribution in [1.29, 1.82) is 0 Å². The van der Waals surface area contributed by atoms with Crippen molar-refractivity contribution < 1.29 is 51.2 Å². The highest BCUT2D eigenvalue weighted by molar-refractivity contribution is 8.08. The van der Waals surface area contributed by atoms with Crippen molar-refractivity contribution >= 4 is 34.6 Å². The Hall–Kier alpha value is -0.730. The number of aliphatic hydroxyl groups excluding tert-OH is 1. The maximum absolute atomic E-state index is 15.0. The third-order valence-corrected chi connectivity index (χ3v) is 8.03. The van der Waals surface area contributed by atoms with E-state index in [9.17, 15) is 38.0 Å². The van der Waals surface area contributed by atoms with Crippen molar-refractivity contribution in [2.24, 2.45) is 0 Å². The molecule has 0 radical (unpaired) electrons. The van der Waals surface area contributed by atoms with Crippen LogP contribution >= 0.6 is 22.8 Å². The van der Waals surface area contributed by atoms with Crippen LogP contribution in [0.4, 0.5) is 4.39 Å². The third kappa shape index (κ3) is 6.14. The molecule has 0 amide bonds.